The molecule has 0 bridgehead atoms. The Labute approximate surface area is 104 Å². The maximum absolute atomic E-state index is 8.51. The zero-order valence-corrected chi connectivity index (χ0v) is 10.7. The third-order valence-corrected chi connectivity index (χ3v) is 4.64. The number of hydrogen-bond acceptors (Lipinski definition) is 3. The molecule has 0 aromatic carbocycles. The number of piperidine rings is 1. The fourth-order valence-corrected chi connectivity index (χ4v) is 3.38. The van der Waals surface area contributed by atoms with Crippen LogP contribution in [0, 0.1) is 5.41 Å². The van der Waals surface area contributed by atoms with Crippen molar-refractivity contribution in [2.75, 3.05) is 19.6 Å². The van der Waals surface area contributed by atoms with Crippen LogP contribution in [0.3, 0.4) is 0 Å². The summed E-state index contributed by atoms with van der Waals surface area (Å²) in [5, 5.41) is 11.5. The second-order valence-corrected chi connectivity index (χ2v) is 5.74. The molecule has 2 aliphatic rings. The average molecular weight is 239 g/mol. The molecule has 4 nitrogen and oxygen atoms in total. The van der Waals surface area contributed by atoms with Gasteiger partial charge in [-0.25, -0.2) is 0 Å². The average Bonchev–Trinajstić information content (AvgIpc) is 2.39. The lowest BCUT2D eigenvalue weighted by Gasteiger charge is -2.44. The van der Waals surface area contributed by atoms with Crippen molar-refractivity contribution in [2.24, 2.45) is 16.3 Å². The predicted octanol–water partition coefficient (Wildman–Crippen LogP) is 2.17. The Morgan fingerprint density at radius 1 is 1.12 bits per heavy atom. The van der Waals surface area contributed by atoms with E-state index in [0.717, 1.165) is 6.54 Å². The molecule has 0 aromatic heterocycles. The van der Waals surface area contributed by atoms with E-state index in [-0.39, 0.29) is 0 Å². The summed E-state index contributed by atoms with van der Waals surface area (Å²) < 4.78 is 0. The van der Waals surface area contributed by atoms with Gasteiger partial charge >= 0.3 is 0 Å². The first-order valence-electron chi connectivity index (χ1n) is 6.93. The highest BCUT2D eigenvalue weighted by Crippen LogP contribution is 2.44. The van der Waals surface area contributed by atoms with Crippen molar-refractivity contribution in [2.45, 2.75) is 51.4 Å². The summed E-state index contributed by atoms with van der Waals surface area (Å²) in [7, 11) is 0. The number of likely N-dealkylation sites (tertiary alicyclic amines) is 1. The SMILES string of the molecule is NC(CCN1CCC2(CCCCC2)CC1)=NO. The van der Waals surface area contributed by atoms with E-state index in [4.69, 9.17) is 10.9 Å². The first-order chi connectivity index (χ1) is 8.24. The molecule has 17 heavy (non-hydrogen) atoms. The highest BCUT2D eigenvalue weighted by Gasteiger charge is 2.35. The first kappa shape index (κ1) is 12.7. The molecule has 0 unspecified atom stereocenters. The van der Waals surface area contributed by atoms with Crippen LogP contribution >= 0.6 is 0 Å². The molecular weight excluding hydrogens is 214 g/mol. The quantitative estimate of drug-likeness (QED) is 0.343. The Morgan fingerprint density at radius 2 is 1.76 bits per heavy atom. The maximum atomic E-state index is 8.51. The minimum absolute atomic E-state index is 0.350. The lowest BCUT2D eigenvalue weighted by molar-refractivity contribution is 0.0692. The fraction of sp³-hybridized carbons (Fsp3) is 0.923. The molecule has 2 fully saturated rings. The van der Waals surface area contributed by atoms with Crippen molar-refractivity contribution in [3.05, 3.63) is 0 Å². The summed E-state index contributed by atoms with van der Waals surface area (Å²) in [6, 6.07) is 0. The molecule has 1 saturated heterocycles. The lowest BCUT2D eigenvalue weighted by Crippen LogP contribution is -2.42. The topological polar surface area (TPSA) is 61.8 Å². The molecule has 1 aliphatic carbocycles. The smallest absolute Gasteiger partial charge is 0.140 e. The van der Waals surface area contributed by atoms with E-state index in [1.54, 1.807) is 0 Å². The molecule has 2 rings (SSSR count). The third-order valence-electron chi connectivity index (χ3n) is 4.64. The Hall–Kier alpha value is -0.770. The van der Waals surface area contributed by atoms with Gasteiger partial charge in [-0.1, -0.05) is 24.4 Å². The minimum atomic E-state index is 0.350. The summed E-state index contributed by atoms with van der Waals surface area (Å²) in [4.78, 5) is 2.46. The van der Waals surface area contributed by atoms with E-state index in [1.165, 1.54) is 58.0 Å². The number of oxime groups is 1. The van der Waals surface area contributed by atoms with Crippen molar-refractivity contribution in [1.29, 1.82) is 0 Å². The molecule has 1 aliphatic heterocycles. The molecular formula is C13H25N3O. The zero-order valence-electron chi connectivity index (χ0n) is 10.7. The van der Waals surface area contributed by atoms with Gasteiger partial charge in [0, 0.05) is 13.0 Å². The van der Waals surface area contributed by atoms with Crippen molar-refractivity contribution < 1.29 is 5.21 Å². The minimum Gasteiger partial charge on any atom is -0.409 e. The summed E-state index contributed by atoms with van der Waals surface area (Å²) in [6.45, 7) is 3.32. The summed E-state index contributed by atoms with van der Waals surface area (Å²) >= 11 is 0. The van der Waals surface area contributed by atoms with Gasteiger partial charge in [0.2, 0.25) is 0 Å². The van der Waals surface area contributed by atoms with Gasteiger partial charge in [-0.2, -0.15) is 0 Å². The van der Waals surface area contributed by atoms with E-state index < -0.39 is 0 Å². The van der Waals surface area contributed by atoms with Crippen LogP contribution in [-0.4, -0.2) is 35.6 Å². The Morgan fingerprint density at radius 3 is 2.35 bits per heavy atom. The number of nitrogens with zero attached hydrogens (tertiary/aromatic N) is 2. The number of amidine groups is 1. The molecule has 0 amide bonds. The second kappa shape index (κ2) is 5.71. The van der Waals surface area contributed by atoms with Gasteiger partial charge in [-0.3, -0.25) is 0 Å². The highest BCUT2D eigenvalue weighted by atomic mass is 16.4. The molecule has 1 saturated carbocycles. The van der Waals surface area contributed by atoms with Gasteiger partial charge in [0.25, 0.3) is 0 Å². The predicted molar refractivity (Wildman–Crippen MR) is 69.2 cm³/mol. The molecule has 0 radical (unpaired) electrons. The van der Waals surface area contributed by atoms with Crippen LogP contribution in [-0.2, 0) is 0 Å². The summed E-state index contributed by atoms with van der Waals surface area (Å²) in [5.41, 5.74) is 6.17. The maximum Gasteiger partial charge on any atom is 0.140 e. The number of nitrogens with two attached hydrogens (primary N) is 1. The first-order valence-corrected chi connectivity index (χ1v) is 6.93. The summed E-state index contributed by atoms with van der Waals surface area (Å²) in [6.07, 6.45) is 10.6. The van der Waals surface area contributed by atoms with Crippen LogP contribution in [0.1, 0.15) is 51.4 Å². The van der Waals surface area contributed by atoms with Gasteiger partial charge in [0.05, 0.1) is 0 Å². The highest BCUT2D eigenvalue weighted by molar-refractivity contribution is 5.79. The van der Waals surface area contributed by atoms with Crippen LogP contribution in [0.4, 0.5) is 0 Å². The van der Waals surface area contributed by atoms with Crippen molar-refractivity contribution >= 4 is 5.84 Å². The van der Waals surface area contributed by atoms with E-state index in [1.807, 2.05) is 0 Å². The van der Waals surface area contributed by atoms with Gasteiger partial charge < -0.3 is 15.8 Å². The molecule has 3 N–H and O–H groups in total. The molecule has 0 aromatic rings. The molecule has 4 heteroatoms. The van der Waals surface area contributed by atoms with E-state index >= 15 is 0 Å². The standard InChI is InChI=1S/C13H25N3O/c14-12(15-17)4-9-16-10-7-13(8-11-16)5-2-1-3-6-13/h17H,1-11H2,(H2,14,15). The zero-order chi connectivity index (χ0) is 12.1. The number of rotatable bonds is 3. The van der Waals surface area contributed by atoms with Crippen molar-refractivity contribution in [3.63, 3.8) is 0 Å². The van der Waals surface area contributed by atoms with Crippen LogP contribution in [0.5, 0.6) is 0 Å². The van der Waals surface area contributed by atoms with Gasteiger partial charge in [-0.05, 0) is 44.2 Å². The van der Waals surface area contributed by atoms with Crippen molar-refractivity contribution in [1.82, 2.24) is 4.90 Å². The Balaban J connectivity index is 1.73. The van der Waals surface area contributed by atoms with Crippen LogP contribution < -0.4 is 5.73 Å². The fourth-order valence-electron chi connectivity index (χ4n) is 3.38. The number of hydrogen-bond donors (Lipinski definition) is 2. The van der Waals surface area contributed by atoms with E-state index in [0.29, 0.717) is 17.7 Å². The Kier molecular flexibility index (Phi) is 4.26. The normalized spacial score (nSPS) is 26.2. The molecule has 98 valence electrons. The van der Waals surface area contributed by atoms with Gasteiger partial charge in [0.15, 0.2) is 0 Å². The third kappa shape index (κ3) is 3.35. The van der Waals surface area contributed by atoms with Crippen molar-refractivity contribution in [3.8, 4) is 0 Å². The largest absolute Gasteiger partial charge is 0.409 e. The second-order valence-electron chi connectivity index (χ2n) is 5.74. The Bertz CT molecular complexity index is 262. The van der Waals surface area contributed by atoms with Gasteiger partial charge in [-0.15, -0.1) is 0 Å². The van der Waals surface area contributed by atoms with Crippen LogP contribution in [0.25, 0.3) is 0 Å². The van der Waals surface area contributed by atoms with Crippen LogP contribution in [0.2, 0.25) is 0 Å². The van der Waals surface area contributed by atoms with Gasteiger partial charge in [0.1, 0.15) is 5.84 Å². The molecule has 1 spiro atoms. The summed E-state index contributed by atoms with van der Waals surface area (Å²) in [5.74, 6) is 0.350. The van der Waals surface area contributed by atoms with E-state index in [2.05, 4.69) is 10.1 Å². The lowest BCUT2D eigenvalue weighted by atomic mass is 9.68. The van der Waals surface area contributed by atoms with E-state index in [9.17, 15) is 0 Å². The monoisotopic (exact) mass is 239 g/mol. The molecule has 0 atom stereocenters. The molecule has 1 heterocycles. The van der Waals surface area contributed by atoms with Crippen LogP contribution in [0.15, 0.2) is 5.16 Å².